The number of aromatic nitrogens is 1. The van der Waals surface area contributed by atoms with Gasteiger partial charge in [0.2, 0.25) is 0 Å². The molecule has 0 atom stereocenters. The molecule has 1 aromatic carbocycles. The highest BCUT2D eigenvalue weighted by Gasteiger charge is 2.31. The van der Waals surface area contributed by atoms with Crippen LogP contribution in [-0.4, -0.2) is 16.2 Å². The molecule has 0 bridgehead atoms. The third kappa shape index (κ3) is 2.60. The number of nitrogens with zero attached hydrogens (tertiary/aromatic N) is 1. The average molecular weight is 354 g/mol. The van der Waals surface area contributed by atoms with Crippen molar-refractivity contribution in [3.8, 4) is 11.3 Å². The molecule has 0 radical (unpaired) electrons. The van der Waals surface area contributed by atoms with E-state index in [9.17, 15) is 14.3 Å². The number of halogens is 2. The zero-order chi connectivity index (χ0) is 15.0. The molecule has 3 rings (SSSR count). The van der Waals surface area contributed by atoms with Crippen molar-refractivity contribution in [3.05, 3.63) is 39.8 Å². The van der Waals surface area contributed by atoms with E-state index in [1.54, 1.807) is 0 Å². The Kier molecular flexibility index (Phi) is 3.80. The highest BCUT2D eigenvalue weighted by atomic mass is 79.9. The van der Waals surface area contributed by atoms with Gasteiger partial charge < -0.3 is 9.63 Å². The van der Waals surface area contributed by atoms with Gasteiger partial charge in [0.25, 0.3) is 0 Å². The van der Waals surface area contributed by atoms with Gasteiger partial charge in [0, 0.05) is 16.0 Å². The predicted octanol–water partition coefficient (Wildman–Crippen LogP) is 4.60. The molecule has 1 aliphatic carbocycles. The minimum Gasteiger partial charge on any atom is -0.477 e. The topological polar surface area (TPSA) is 63.3 Å². The second-order valence-electron chi connectivity index (χ2n) is 5.18. The van der Waals surface area contributed by atoms with Crippen molar-refractivity contribution >= 4 is 21.9 Å². The molecule has 0 amide bonds. The van der Waals surface area contributed by atoms with Crippen molar-refractivity contribution in [3.63, 3.8) is 0 Å². The molecule has 0 unspecified atom stereocenters. The number of hydrogen-bond acceptors (Lipinski definition) is 3. The smallest absolute Gasteiger partial charge is 0.341 e. The van der Waals surface area contributed by atoms with Crippen LogP contribution in [0.1, 0.15) is 47.7 Å². The van der Waals surface area contributed by atoms with Crippen LogP contribution in [0.4, 0.5) is 4.39 Å². The number of rotatable bonds is 3. The lowest BCUT2D eigenvalue weighted by Gasteiger charge is -2.06. The molecular formula is C15H13BrFNO3. The van der Waals surface area contributed by atoms with Crippen molar-refractivity contribution in [1.29, 1.82) is 0 Å². The molecule has 6 heteroatoms. The van der Waals surface area contributed by atoms with Gasteiger partial charge in [-0.25, -0.2) is 9.18 Å². The Morgan fingerprint density at radius 2 is 2.10 bits per heavy atom. The fourth-order valence-corrected chi connectivity index (χ4v) is 3.27. The molecular weight excluding hydrogens is 341 g/mol. The van der Waals surface area contributed by atoms with Crippen LogP contribution >= 0.6 is 15.9 Å². The number of carboxylic acids is 1. The largest absolute Gasteiger partial charge is 0.477 e. The second kappa shape index (κ2) is 5.60. The Bertz CT molecular complexity index is 692. The van der Waals surface area contributed by atoms with Crippen LogP contribution < -0.4 is 0 Å². The SMILES string of the molecule is O=C(O)c1c(-c2cc(F)ccc2Br)noc1C1CCCC1. The minimum atomic E-state index is -1.09. The monoisotopic (exact) mass is 353 g/mol. The molecule has 2 aromatic rings. The molecule has 0 aliphatic heterocycles. The average Bonchev–Trinajstić information content (AvgIpc) is 3.08. The van der Waals surface area contributed by atoms with Gasteiger partial charge in [-0.15, -0.1) is 0 Å². The third-order valence-corrected chi connectivity index (χ3v) is 4.53. The van der Waals surface area contributed by atoms with Gasteiger partial charge in [-0.3, -0.25) is 0 Å². The number of aromatic carboxylic acids is 1. The van der Waals surface area contributed by atoms with E-state index >= 15 is 0 Å². The van der Waals surface area contributed by atoms with Gasteiger partial charge in [0.05, 0.1) is 0 Å². The first-order chi connectivity index (χ1) is 10.1. The maximum Gasteiger partial charge on any atom is 0.341 e. The predicted molar refractivity (Wildman–Crippen MR) is 77.8 cm³/mol. The summed E-state index contributed by atoms with van der Waals surface area (Å²) in [6, 6.07) is 4.08. The lowest BCUT2D eigenvalue weighted by molar-refractivity contribution is 0.0694. The highest BCUT2D eigenvalue weighted by molar-refractivity contribution is 9.10. The zero-order valence-electron chi connectivity index (χ0n) is 11.1. The molecule has 1 heterocycles. The summed E-state index contributed by atoms with van der Waals surface area (Å²) in [7, 11) is 0. The zero-order valence-corrected chi connectivity index (χ0v) is 12.7. The summed E-state index contributed by atoms with van der Waals surface area (Å²) >= 11 is 3.30. The number of carboxylic acid groups (broad SMARTS) is 1. The molecule has 0 spiro atoms. The first-order valence-corrected chi connectivity index (χ1v) is 7.55. The fourth-order valence-electron chi connectivity index (χ4n) is 2.84. The van der Waals surface area contributed by atoms with Gasteiger partial charge in [0.15, 0.2) is 5.76 Å². The van der Waals surface area contributed by atoms with E-state index < -0.39 is 11.8 Å². The Balaban J connectivity index is 2.14. The molecule has 1 saturated carbocycles. The fraction of sp³-hybridized carbons (Fsp3) is 0.333. The molecule has 0 saturated heterocycles. The maximum absolute atomic E-state index is 13.4. The minimum absolute atomic E-state index is 0.0493. The first-order valence-electron chi connectivity index (χ1n) is 6.76. The maximum atomic E-state index is 13.4. The molecule has 21 heavy (non-hydrogen) atoms. The van der Waals surface area contributed by atoms with Crippen LogP contribution in [0.2, 0.25) is 0 Å². The van der Waals surface area contributed by atoms with E-state index in [0.29, 0.717) is 15.8 Å². The summed E-state index contributed by atoms with van der Waals surface area (Å²) in [6.07, 6.45) is 3.92. The van der Waals surface area contributed by atoms with Gasteiger partial charge in [0.1, 0.15) is 17.1 Å². The third-order valence-electron chi connectivity index (χ3n) is 3.84. The summed E-state index contributed by atoms with van der Waals surface area (Å²) in [5.41, 5.74) is 0.615. The van der Waals surface area contributed by atoms with E-state index in [0.717, 1.165) is 25.7 Å². The van der Waals surface area contributed by atoms with Crippen molar-refractivity contribution < 1.29 is 18.8 Å². The number of hydrogen-bond donors (Lipinski definition) is 1. The van der Waals surface area contributed by atoms with Crippen LogP contribution in [0.3, 0.4) is 0 Å². The highest BCUT2D eigenvalue weighted by Crippen LogP contribution is 2.40. The summed E-state index contributed by atoms with van der Waals surface area (Å²) in [5.74, 6) is -1.05. The summed E-state index contributed by atoms with van der Waals surface area (Å²) in [6.45, 7) is 0. The van der Waals surface area contributed by atoms with Crippen molar-refractivity contribution in [2.24, 2.45) is 0 Å². The van der Waals surface area contributed by atoms with Crippen LogP contribution in [0.15, 0.2) is 27.2 Å². The number of benzene rings is 1. The van der Waals surface area contributed by atoms with Crippen LogP contribution in [0.5, 0.6) is 0 Å². The summed E-state index contributed by atoms with van der Waals surface area (Å²) in [4.78, 5) is 11.6. The van der Waals surface area contributed by atoms with E-state index in [1.807, 2.05) is 0 Å². The first kappa shape index (κ1) is 14.3. The van der Waals surface area contributed by atoms with Gasteiger partial charge >= 0.3 is 5.97 Å². The van der Waals surface area contributed by atoms with E-state index in [2.05, 4.69) is 21.1 Å². The standard InChI is InChI=1S/C15H13BrFNO3/c16-11-6-5-9(17)7-10(11)13-12(15(19)20)14(21-18-13)8-3-1-2-4-8/h5-8H,1-4H2,(H,19,20). The normalized spacial score (nSPS) is 15.5. The quantitative estimate of drug-likeness (QED) is 0.875. The number of carbonyl (C=O) groups is 1. The Morgan fingerprint density at radius 3 is 2.76 bits per heavy atom. The van der Waals surface area contributed by atoms with Gasteiger partial charge in [-0.2, -0.15) is 0 Å². The van der Waals surface area contributed by atoms with Crippen molar-refractivity contribution in [2.45, 2.75) is 31.6 Å². The Morgan fingerprint density at radius 1 is 1.38 bits per heavy atom. The van der Waals surface area contributed by atoms with E-state index in [-0.39, 0.29) is 17.2 Å². The van der Waals surface area contributed by atoms with Crippen LogP contribution in [0.25, 0.3) is 11.3 Å². The lowest BCUT2D eigenvalue weighted by Crippen LogP contribution is -2.04. The van der Waals surface area contributed by atoms with Crippen molar-refractivity contribution in [1.82, 2.24) is 5.16 Å². The van der Waals surface area contributed by atoms with Gasteiger partial charge in [-0.05, 0) is 31.0 Å². The molecule has 1 aromatic heterocycles. The molecule has 110 valence electrons. The van der Waals surface area contributed by atoms with E-state index in [1.165, 1.54) is 18.2 Å². The van der Waals surface area contributed by atoms with Crippen molar-refractivity contribution in [2.75, 3.05) is 0 Å². The van der Waals surface area contributed by atoms with Crippen LogP contribution in [0, 0.1) is 5.82 Å². The van der Waals surface area contributed by atoms with Crippen LogP contribution in [-0.2, 0) is 0 Å². The summed E-state index contributed by atoms with van der Waals surface area (Å²) < 4.78 is 19.3. The summed E-state index contributed by atoms with van der Waals surface area (Å²) in [5, 5.41) is 13.4. The lowest BCUT2D eigenvalue weighted by atomic mass is 9.97. The van der Waals surface area contributed by atoms with E-state index in [4.69, 9.17) is 4.52 Å². The Hall–Kier alpha value is -1.69. The van der Waals surface area contributed by atoms with Gasteiger partial charge in [-0.1, -0.05) is 33.9 Å². The molecule has 1 aliphatic rings. The molecule has 4 nitrogen and oxygen atoms in total. The Labute approximate surface area is 129 Å². The second-order valence-corrected chi connectivity index (χ2v) is 6.04. The molecule has 1 fully saturated rings. The molecule has 1 N–H and O–H groups in total.